The molecule has 0 amide bonds. The Morgan fingerprint density at radius 1 is 1.37 bits per heavy atom. The van der Waals surface area contributed by atoms with Gasteiger partial charge in [-0.25, -0.2) is 9.97 Å². The number of imidazole rings is 1. The summed E-state index contributed by atoms with van der Waals surface area (Å²) >= 11 is 0. The fourth-order valence-corrected chi connectivity index (χ4v) is 3.15. The molecule has 102 valence electrons. The number of hydrogen-bond acceptors (Lipinski definition) is 3. The lowest BCUT2D eigenvalue weighted by Gasteiger charge is -2.29. The first kappa shape index (κ1) is 12.5. The zero-order valence-electron chi connectivity index (χ0n) is 11.8. The summed E-state index contributed by atoms with van der Waals surface area (Å²) in [5.41, 5.74) is 2.13. The molecule has 1 aliphatic rings. The lowest BCUT2D eigenvalue weighted by Crippen LogP contribution is -2.27. The highest BCUT2D eigenvalue weighted by Crippen LogP contribution is 2.29. The molecule has 19 heavy (non-hydrogen) atoms. The minimum atomic E-state index is 0.554. The number of fused-ring (bicyclic) bond motifs is 1. The van der Waals surface area contributed by atoms with Crippen LogP contribution >= 0.6 is 0 Å². The van der Waals surface area contributed by atoms with Crippen molar-refractivity contribution in [3.05, 3.63) is 18.6 Å². The van der Waals surface area contributed by atoms with Gasteiger partial charge in [0.1, 0.15) is 5.52 Å². The average molecular weight is 258 g/mol. The van der Waals surface area contributed by atoms with E-state index in [1.165, 1.54) is 32.1 Å². The molecular formula is C15H22N4. The van der Waals surface area contributed by atoms with E-state index in [0.29, 0.717) is 6.04 Å². The fraction of sp³-hybridized carbons (Fsp3) is 0.600. The summed E-state index contributed by atoms with van der Waals surface area (Å²) in [4.78, 5) is 8.94. The van der Waals surface area contributed by atoms with Crippen molar-refractivity contribution in [1.82, 2.24) is 14.5 Å². The van der Waals surface area contributed by atoms with E-state index < -0.39 is 0 Å². The van der Waals surface area contributed by atoms with Crippen LogP contribution in [0.2, 0.25) is 0 Å². The molecule has 2 atom stereocenters. The van der Waals surface area contributed by atoms with E-state index in [2.05, 4.69) is 22.2 Å². The van der Waals surface area contributed by atoms with Crippen LogP contribution in [0.1, 0.15) is 39.0 Å². The first-order valence-electron chi connectivity index (χ1n) is 7.30. The molecule has 1 aliphatic carbocycles. The summed E-state index contributed by atoms with van der Waals surface area (Å²) in [5.74, 6) is 1.81. The van der Waals surface area contributed by atoms with E-state index >= 15 is 0 Å². The normalized spacial score (nSPS) is 23.7. The number of hydrogen-bond donors (Lipinski definition) is 1. The van der Waals surface area contributed by atoms with Crippen LogP contribution in [0.3, 0.4) is 0 Å². The van der Waals surface area contributed by atoms with E-state index in [1.54, 1.807) is 0 Å². The largest absolute Gasteiger partial charge is 0.365 e. The Kier molecular flexibility index (Phi) is 3.40. The Balaban J connectivity index is 1.81. The van der Waals surface area contributed by atoms with Gasteiger partial charge in [0, 0.05) is 19.3 Å². The van der Waals surface area contributed by atoms with Crippen molar-refractivity contribution in [2.75, 3.05) is 5.32 Å². The molecule has 1 fully saturated rings. The van der Waals surface area contributed by atoms with Gasteiger partial charge in [-0.1, -0.05) is 26.2 Å². The fourth-order valence-electron chi connectivity index (χ4n) is 3.15. The average Bonchev–Trinajstić information content (AvgIpc) is 2.82. The Labute approximate surface area is 114 Å². The first-order chi connectivity index (χ1) is 9.28. The number of pyridine rings is 1. The predicted octanol–water partition coefficient (Wildman–Crippen LogP) is 3.35. The zero-order valence-corrected chi connectivity index (χ0v) is 11.8. The monoisotopic (exact) mass is 258 g/mol. The van der Waals surface area contributed by atoms with Gasteiger partial charge in [0.25, 0.3) is 0 Å². The number of aryl methyl sites for hydroxylation is 1. The number of rotatable bonds is 3. The molecule has 0 aromatic carbocycles. The van der Waals surface area contributed by atoms with Crippen LogP contribution in [0.25, 0.3) is 11.0 Å². The molecule has 4 nitrogen and oxygen atoms in total. The van der Waals surface area contributed by atoms with Crippen molar-refractivity contribution in [1.29, 1.82) is 0 Å². The maximum Gasteiger partial charge on any atom is 0.154 e. The highest BCUT2D eigenvalue weighted by atomic mass is 15.1. The van der Waals surface area contributed by atoms with E-state index in [0.717, 1.165) is 22.8 Å². The number of nitrogens with one attached hydrogen (secondary N) is 1. The van der Waals surface area contributed by atoms with Crippen molar-refractivity contribution >= 4 is 16.9 Å². The number of aromatic nitrogens is 3. The van der Waals surface area contributed by atoms with Crippen LogP contribution in [0.15, 0.2) is 18.6 Å². The second-order valence-electron chi connectivity index (χ2n) is 5.66. The van der Waals surface area contributed by atoms with Gasteiger partial charge in [-0.05, 0) is 24.8 Å². The van der Waals surface area contributed by atoms with Gasteiger partial charge < -0.3 is 9.88 Å². The maximum absolute atomic E-state index is 4.48. The Morgan fingerprint density at radius 3 is 3.11 bits per heavy atom. The topological polar surface area (TPSA) is 42.7 Å². The SMILES string of the molecule is CCC1CCCC(Nc2nccc3c2ncn3C)C1. The summed E-state index contributed by atoms with van der Waals surface area (Å²) in [6, 6.07) is 2.57. The standard InChI is InChI=1S/C15H22N4/c1-3-11-5-4-6-12(9-11)18-15-14-13(7-8-16-15)19(2)10-17-14/h7-8,10-12H,3-6,9H2,1-2H3,(H,16,18). The van der Waals surface area contributed by atoms with Crippen LogP contribution in [-0.2, 0) is 7.05 Å². The van der Waals surface area contributed by atoms with Gasteiger partial charge in [-0.2, -0.15) is 0 Å². The van der Waals surface area contributed by atoms with Crippen molar-refractivity contribution in [3.63, 3.8) is 0 Å². The van der Waals surface area contributed by atoms with Crippen molar-refractivity contribution in [2.24, 2.45) is 13.0 Å². The Hall–Kier alpha value is -1.58. The van der Waals surface area contributed by atoms with E-state index in [4.69, 9.17) is 0 Å². The Morgan fingerprint density at radius 2 is 2.26 bits per heavy atom. The number of nitrogens with zero attached hydrogens (tertiary/aromatic N) is 3. The summed E-state index contributed by atoms with van der Waals surface area (Å²) in [6.45, 7) is 2.30. The molecular weight excluding hydrogens is 236 g/mol. The van der Waals surface area contributed by atoms with Crippen molar-refractivity contribution < 1.29 is 0 Å². The first-order valence-corrected chi connectivity index (χ1v) is 7.30. The smallest absolute Gasteiger partial charge is 0.154 e. The van der Waals surface area contributed by atoms with Gasteiger partial charge in [-0.3, -0.25) is 0 Å². The lowest BCUT2D eigenvalue weighted by atomic mass is 9.84. The minimum absolute atomic E-state index is 0.554. The van der Waals surface area contributed by atoms with Crippen LogP contribution < -0.4 is 5.32 Å². The molecule has 1 N–H and O–H groups in total. The predicted molar refractivity (Wildman–Crippen MR) is 78.2 cm³/mol. The van der Waals surface area contributed by atoms with E-state index in [-0.39, 0.29) is 0 Å². The van der Waals surface area contributed by atoms with E-state index in [9.17, 15) is 0 Å². The molecule has 0 bridgehead atoms. The van der Waals surface area contributed by atoms with Gasteiger partial charge in [0.15, 0.2) is 5.82 Å². The molecule has 2 aromatic rings. The van der Waals surface area contributed by atoms with Gasteiger partial charge in [0.2, 0.25) is 0 Å². The second-order valence-corrected chi connectivity index (χ2v) is 5.66. The zero-order chi connectivity index (χ0) is 13.2. The third kappa shape index (κ3) is 2.44. The van der Waals surface area contributed by atoms with Crippen LogP contribution in [0.5, 0.6) is 0 Å². The van der Waals surface area contributed by atoms with Crippen LogP contribution in [0.4, 0.5) is 5.82 Å². The van der Waals surface area contributed by atoms with Gasteiger partial charge in [-0.15, -0.1) is 0 Å². The lowest BCUT2D eigenvalue weighted by molar-refractivity contribution is 0.327. The highest BCUT2D eigenvalue weighted by Gasteiger charge is 2.21. The summed E-state index contributed by atoms with van der Waals surface area (Å²) in [5, 5.41) is 3.61. The third-order valence-corrected chi connectivity index (χ3v) is 4.34. The van der Waals surface area contributed by atoms with Crippen molar-refractivity contribution in [2.45, 2.75) is 45.1 Å². The number of anilines is 1. The molecule has 0 radical (unpaired) electrons. The van der Waals surface area contributed by atoms with Crippen LogP contribution in [-0.4, -0.2) is 20.6 Å². The third-order valence-electron chi connectivity index (χ3n) is 4.34. The van der Waals surface area contributed by atoms with Crippen LogP contribution in [0, 0.1) is 5.92 Å². The molecule has 2 heterocycles. The van der Waals surface area contributed by atoms with Gasteiger partial charge >= 0.3 is 0 Å². The molecule has 0 saturated heterocycles. The molecule has 2 unspecified atom stereocenters. The molecule has 1 saturated carbocycles. The minimum Gasteiger partial charge on any atom is -0.365 e. The summed E-state index contributed by atoms with van der Waals surface area (Å²) in [6.07, 6.45) is 10.2. The molecule has 2 aromatic heterocycles. The highest BCUT2D eigenvalue weighted by molar-refractivity contribution is 5.85. The maximum atomic E-state index is 4.48. The van der Waals surface area contributed by atoms with Crippen molar-refractivity contribution in [3.8, 4) is 0 Å². The molecule has 4 heteroatoms. The molecule has 0 spiro atoms. The molecule has 0 aliphatic heterocycles. The molecule has 3 rings (SSSR count). The summed E-state index contributed by atoms with van der Waals surface area (Å²) < 4.78 is 2.04. The van der Waals surface area contributed by atoms with E-state index in [1.807, 2.05) is 30.2 Å². The summed E-state index contributed by atoms with van der Waals surface area (Å²) in [7, 11) is 2.02. The second kappa shape index (κ2) is 5.19. The Bertz CT molecular complexity index is 560. The van der Waals surface area contributed by atoms with Gasteiger partial charge in [0.05, 0.1) is 11.8 Å². The quantitative estimate of drug-likeness (QED) is 0.918.